The summed E-state index contributed by atoms with van der Waals surface area (Å²) in [6.07, 6.45) is 0.341. The van der Waals surface area contributed by atoms with Crippen LogP contribution in [0.2, 0.25) is 0 Å². The van der Waals surface area contributed by atoms with Crippen LogP contribution in [0, 0.1) is 15.4 Å². The standard InChI is InChI=1S/C19H20INO4/c1-12(19(23)24)17(11-13-3-9-16(25-2)10-4-13)18(22)21-15-7-5-14(20)6-8-15/h3-10,12,17H,11H2,1-2H3,(H,21,22)(H,23,24)/t12-,17+/m1/s1. The van der Waals surface area contributed by atoms with Crippen LogP contribution in [0.1, 0.15) is 12.5 Å². The van der Waals surface area contributed by atoms with Crippen LogP contribution in [0.4, 0.5) is 5.69 Å². The number of carboxylic acid groups (broad SMARTS) is 1. The highest BCUT2D eigenvalue weighted by Gasteiger charge is 2.30. The maximum Gasteiger partial charge on any atom is 0.307 e. The molecule has 1 amide bonds. The van der Waals surface area contributed by atoms with Crippen LogP contribution in [0.5, 0.6) is 5.75 Å². The van der Waals surface area contributed by atoms with Gasteiger partial charge >= 0.3 is 5.97 Å². The lowest BCUT2D eigenvalue weighted by molar-refractivity contribution is -0.145. The highest BCUT2D eigenvalue weighted by atomic mass is 127. The third-order valence-corrected chi connectivity index (χ3v) is 4.78. The first-order valence-electron chi connectivity index (χ1n) is 7.83. The molecule has 0 aliphatic heterocycles. The molecule has 0 aromatic heterocycles. The predicted octanol–water partition coefficient (Wildman–Crippen LogP) is 3.82. The Labute approximate surface area is 160 Å². The summed E-state index contributed by atoms with van der Waals surface area (Å²) in [5, 5.41) is 12.2. The SMILES string of the molecule is COc1ccc(C[C@H](C(=O)Nc2ccc(I)cc2)[C@@H](C)C(=O)O)cc1. The molecule has 2 rings (SSSR count). The fourth-order valence-electron chi connectivity index (χ4n) is 2.45. The molecule has 0 heterocycles. The molecule has 0 aliphatic rings. The van der Waals surface area contributed by atoms with Gasteiger partial charge in [0.2, 0.25) is 5.91 Å². The molecule has 2 aromatic rings. The number of amides is 1. The number of anilines is 1. The molecular weight excluding hydrogens is 433 g/mol. The van der Waals surface area contributed by atoms with Crippen molar-refractivity contribution in [2.45, 2.75) is 13.3 Å². The minimum Gasteiger partial charge on any atom is -0.497 e. The van der Waals surface area contributed by atoms with Gasteiger partial charge in [-0.2, -0.15) is 0 Å². The second-order valence-corrected chi connectivity index (χ2v) is 7.03. The van der Waals surface area contributed by atoms with Gasteiger partial charge in [0.15, 0.2) is 0 Å². The summed E-state index contributed by atoms with van der Waals surface area (Å²) in [4.78, 5) is 24.1. The molecule has 0 saturated carbocycles. The lowest BCUT2D eigenvalue weighted by Crippen LogP contribution is -2.33. The van der Waals surface area contributed by atoms with E-state index in [9.17, 15) is 14.7 Å². The first-order chi connectivity index (χ1) is 11.9. The lowest BCUT2D eigenvalue weighted by atomic mass is 9.87. The van der Waals surface area contributed by atoms with Crippen LogP contribution in [0.25, 0.3) is 0 Å². The molecule has 0 bridgehead atoms. The zero-order valence-corrected chi connectivity index (χ0v) is 16.2. The van der Waals surface area contributed by atoms with E-state index in [0.29, 0.717) is 12.1 Å². The molecular formula is C19H20INO4. The van der Waals surface area contributed by atoms with E-state index in [1.807, 2.05) is 24.3 Å². The van der Waals surface area contributed by atoms with Gasteiger partial charge in [0, 0.05) is 9.26 Å². The van der Waals surface area contributed by atoms with Crippen LogP contribution in [0.3, 0.4) is 0 Å². The molecule has 132 valence electrons. The number of benzene rings is 2. The summed E-state index contributed by atoms with van der Waals surface area (Å²) in [5.41, 5.74) is 1.54. The molecule has 0 radical (unpaired) electrons. The van der Waals surface area contributed by atoms with E-state index in [1.165, 1.54) is 0 Å². The molecule has 2 aromatic carbocycles. The monoisotopic (exact) mass is 453 g/mol. The van der Waals surface area contributed by atoms with Crippen molar-refractivity contribution in [2.75, 3.05) is 12.4 Å². The van der Waals surface area contributed by atoms with Crippen molar-refractivity contribution < 1.29 is 19.4 Å². The number of hydrogen-bond acceptors (Lipinski definition) is 3. The Morgan fingerprint density at radius 2 is 1.72 bits per heavy atom. The molecule has 2 N–H and O–H groups in total. The molecule has 0 saturated heterocycles. The molecule has 0 spiro atoms. The highest BCUT2D eigenvalue weighted by Crippen LogP contribution is 2.22. The minimum atomic E-state index is -0.990. The van der Waals surface area contributed by atoms with Crippen molar-refractivity contribution in [1.29, 1.82) is 0 Å². The smallest absolute Gasteiger partial charge is 0.307 e. The van der Waals surface area contributed by atoms with Crippen molar-refractivity contribution in [3.63, 3.8) is 0 Å². The van der Waals surface area contributed by atoms with Crippen LogP contribution in [-0.2, 0) is 16.0 Å². The Balaban J connectivity index is 2.17. The number of nitrogens with one attached hydrogen (secondary N) is 1. The van der Waals surface area contributed by atoms with Gasteiger partial charge in [0.25, 0.3) is 0 Å². The minimum absolute atomic E-state index is 0.299. The van der Waals surface area contributed by atoms with E-state index in [4.69, 9.17) is 4.74 Å². The number of ether oxygens (including phenoxy) is 1. The fourth-order valence-corrected chi connectivity index (χ4v) is 2.81. The topological polar surface area (TPSA) is 75.6 Å². The van der Waals surface area contributed by atoms with E-state index in [-0.39, 0.29) is 5.91 Å². The van der Waals surface area contributed by atoms with E-state index >= 15 is 0 Å². The fraction of sp³-hybridized carbons (Fsp3) is 0.263. The van der Waals surface area contributed by atoms with Gasteiger partial charge in [-0.15, -0.1) is 0 Å². The second kappa shape index (κ2) is 8.84. The van der Waals surface area contributed by atoms with Gasteiger partial charge in [-0.25, -0.2) is 0 Å². The maximum atomic E-state index is 12.7. The number of halogens is 1. The van der Waals surface area contributed by atoms with E-state index in [0.717, 1.165) is 14.9 Å². The van der Waals surface area contributed by atoms with Gasteiger partial charge in [-0.3, -0.25) is 9.59 Å². The van der Waals surface area contributed by atoms with Crippen molar-refractivity contribution in [3.8, 4) is 5.75 Å². The predicted molar refractivity (Wildman–Crippen MR) is 105 cm³/mol. The third kappa shape index (κ3) is 5.45. The van der Waals surface area contributed by atoms with Gasteiger partial charge in [0.05, 0.1) is 18.9 Å². The number of methoxy groups -OCH3 is 1. The summed E-state index contributed by atoms with van der Waals surface area (Å²) in [7, 11) is 1.58. The van der Waals surface area contributed by atoms with Gasteiger partial charge < -0.3 is 15.2 Å². The van der Waals surface area contributed by atoms with E-state index in [1.54, 1.807) is 38.3 Å². The average molecular weight is 453 g/mol. The van der Waals surface area contributed by atoms with E-state index in [2.05, 4.69) is 27.9 Å². The number of carbonyl (C=O) groups excluding carboxylic acids is 1. The van der Waals surface area contributed by atoms with Gasteiger partial charge in [0.1, 0.15) is 5.75 Å². The summed E-state index contributed by atoms with van der Waals surface area (Å²) in [5.74, 6) is -2.05. The maximum absolute atomic E-state index is 12.7. The zero-order valence-electron chi connectivity index (χ0n) is 14.0. The summed E-state index contributed by atoms with van der Waals surface area (Å²) in [6, 6.07) is 14.7. The Hall–Kier alpha value is -2.09. The number of hydrogen-bond donors (Lipinski definition) is 2. The zero-order chi connectivity index (χ0) is 18.4. The van der Waals surface area contributed by atoms with Crippen LogP contribution in [0.15, 0.2) is 48.5 Å². The Kier molecular flexibility index (Phi) is 6.81. The summed E-state index contributed by atoms with van der Waals surface area (Å²) < 4.78 is 6.18. The molecule has 0 fully saturated rings. The summed E-state index contributed by atoms with van der Waals surface area (Å²) >= 11 is 2.18. The first-order valence-corrected chi connectivity index (χ1v) is 8.90. The van der Waals surface area contributed by atoms with Crippen LogP contribution in [-0.4, -0.2) is 24.1 Å². The van der Waals surface area contributed by atoms with Gasteiger partial charge in [-0.1, -0.05) is 19.1 Å². The number of carboxylic acids is 1. The molecule has 0 unspecified atom stereocenters. The van der Waals surface area contributed by atoms with Crippen LogP contribution < -0.4 is 10.1 Å². The van der Waals surface area contributed by atoms with Crippen LogP contribution >= 0.6 is 22.6 Å². The first kappa shape index (κ1) is 19.2. The molecule has 0 aliphatic carbocycles. The van der Waals surface area contributed by atoms with Crippen molar-refractivity contribution in [2.24, 2.45) is 11.8 Å². The lowest BCUT2D eigenvalue weighted by Gasteiger charge is -2.21. The highest BCUT2D eigenvalue weighted by molar-refractivity contribution is 14.1. The third-order valence-electron chi connectivity index (χ3n) is 4.06. The normalized spacial score (nSPS) is 12.9. The van der Waals surface area contributed by atoms with Crippen molar-refractivity contribution in [1.82, 2.24) is 0 Å². The molecule has 25 heavy (non-hydrogen) atoms. The molecule has 2 atom stereocenters. The Morgan fingerprint density at radius 3 is 2.24 bits per heavy atom. The summed E-state index contributed by atoms with van der Waals surface area (Å²) in [6.45, 7) is 1.56. The molecule has 6 heteroatoms. The quantitative estimate of drug-likeness (QED) is 0.626. The number of carbonyl (C=O) groups is 2. The second-order valence-electron chi connectivity index (χ2n) is 5.78. The van der Waals surface area contributed by atoms with Crippen molar-refractivity contribution >= 4 is 40.2 Å². The average Bonchev–Trinajstić information content (AvgIpc) is 2.61. The molecule has 5 nitrogen and oxygen atoms in total. The Bertz CT molecular complexity index is 728. The van der Waals surface area contributed by atoms with Gasteiger partial charge in [-0.05, 0) is 71.0 Å². The largest absolute Gasteiger partial charge is 0.497 e. The number of aliphatic carboxylic acids is 1. The Morgan fingerprint density at radius 1 is 1.12 bits per heavy atom. The number of rotatable bonds is 7. The van der Waals surface area contributed by atoms with E-state index < -0.39 is 17.8 Å². The van der Waals surface area contributed by atoms with Crippen molar-refractivity contribution in [3.05, 3.63) is 57.7 Å².